The largest absolute Gasteiger partial charge is 0.477 e. The Balaban J connectivity index is 1.63. The fraction of sp³-hybridized carbons (Fsp3) is 0.632. The molecule has 0 radical (unpaired) electrons. The van der Waals surface area contributed by atoms with Crippen LogP contribution in [0.25, 0.3) is 0 Å². The smallest absolute Gasteiger partial charge is 0.414 e. The first kappa shape index (κ1) is 18.5. The quantitative estimate of drug-likeness (QED) is 0.704. The highest BCUT2D eigenvalue weighted by Crippen LogP contribution is 2.44. The molecule has 3 N–H and O–H groups in total. The van der Waals surface area contributed by atoms with Crippen LogP contribution in [0, 0.1) is 11.8 Å². The molecule has 7 nitrogen and oxygen atoms in total. The lowest BCUT2D eigenvalue weighted by molar-refractivity contribution is -0.120. The number of amides is 2. The summed E-state index contributed by atoms with van der Waals surface area (Å²) in [7, 11) is 0. The minimum Gasteiger partial charge on any atom is -0.477 e. The number of nitrogens with one attached hydrogen (secondary N) is 1. The van der Waals surface area contributed by atoms with Crippen molar-refractivity contribution in [1.29, 1.82) is 0 Å². The van der Waals surface area contributed by atoms with Crippen molar-refractivity contribution in [1.82, 2.24) is 10.3 Å². The lowest BCUT2D eigenvalue weighted by atomic mass is 10.0. The monoisotopic (exact) mass is 361 g/mol. The number of carbonyl (C=O) groups excluding carboxylic acids is 2. The number of hydrogen-bond donors (Lipinski definition) is 2. The van der Waals surface area contributed by atoms with Gasteiger partial charge in [-0.05, 0) is 55.9 Å². The van der Waals surface area contributed by atoms with E-state index < -0.39 is 18.0 Å². The number of primary amides is 1. The molecule has 0 spiro atoms. The maximum absolute atomic E-state index is 12.1. The van der Waals surface area contributed by atoms with Crippen LogP contribution in [0.4, 0.5) is 4.79 Å². The van der Waals surface area contributed by atoms with Crippen LogP contribution in [0.2, 0.25) is 0 Å². The number of nitrogens with two attached hydrogens (primary N) is 1. The Morgan fingerprint density at radius 3 is 2.58 bits per heavy atom. The van der Waals surface area contributed by atoms with Crippen LogP contribution in [0.15, 0.2) is 12.1 Å². The predicted molar refractivity (Wildman–Crippen MR) is 96.0 cm³/mol. The Morgan fingerprint density at radius 1 is 1.27 bits per heavy atom. The summed E-state index contributed by atoms with van der Waals surface area (Å²) in [5.41, 5.74) is 6.42. The molecule has 2 saturated carbocycles. The standard InChI is InChI=1S/C19H27N3O4/c1-11(2)9-15(17(20)23)21-19(24)26-16-8-7-14(13-5-6-13)18(22-16)25-10-12-3-4-12/h7-8,11-13,15H,3-6,9-10H2,1-2H3,(H2,20,23)(H,21,24)/t15-/m0/s1. The van der Waals surface area contributed by atoms with Gasteiger partial charge in [-0.3, -0.25) is 4.79 Å². The van der Waals surface area contributed by atoms with Crippen molar-refractivity contribution in [2.75, 3.05) is 6.61 Å². The molecule has 26 heavy (non-hydrogen) atoms. The first-order valence-electron chi connectivity index (χ1n) is 9.33. The molecule has 0 aliphatic heterocycles. The van der Waals surface area contributed by atoms with Crippen molar-refractivity contribution in [2.45, 2.75) is 57.9 Å². The van der Waals surface area contributed by atoms with Crippen molar-refractivity contribution in [3.05, 3.63) is 17.7 Å². The zero-order chi connectivity index (χ0) is 18.7. The molecule has 0 unspecified atom stereocenters. The second kappa shape index (κ2) is 7.93. The normalized spacial score (nSPS) is 17.7. The van der Waals surface area contributed by atoms with E-state index in [1.54, 1.807) is 6.07 Å². The lowest BCUT2D eigenvalue weighted by Crippen LogP contribution is -2.46. The second-order valence-electron chi connectivity index (χ2n) is 7.69. The number of rotatable bonds is 9. The molecule has 3 rings (SSSR count). The Morgan fingerprint density at radius 2 is 2.00 bits per heavy atom. The molecule has 0 aromatic carbocycles. The predicted octanol–water partition coefficient (Wildman–Crippen LogP) is 2.74. The maximum Gasteiger partial charge on any atom is 0.414 e. The van der Waals surface area contributed by atoms with Crippen molar-refractivity contribution >= 4 is 12.0 Å². The topological polar surface area (TPSA) is 104 Å². The second-order valence-corrected chi connectivity index (χ2v) is 7.69. The van der Waals surface area contributed by atoms with Gasteiger partial charge in [0.25, 0.3) is 0 Å². The zero-order valence-electron chi connectivity index (χ0n) is 15.4. The van der Waals surface area contributed by atoms with Gasteiger partial charge >= 0.3 is 6.09 Å². The van der Waals surface area contributed by atoms with Gasteiger partial charge in [-0.1, -0.05) is 13.8 Å². The summed E-state index contributed by atoms with van der Waals surface area (Å²) >= 11 is 0. The van der Waals surface area contributed by atoms with Gasteiger partial charge in [-0.2, -0.15) is 4.98 Å². The summed E-state index contributed by atoms with van der Waals surface area (Å²) in [6.45, 7) is 4.55. The van der Waals surface area contributed by atoms with Gasteiger partial charge < -0.3 is 20.5 Å². The molecule has 0 saturated heterocycles. The van der Waals surface area contributed by atoms with Gasteiger partial charge in [-0.25, -0.2) is 4.79 Å². The van der Waals surface area contributed by atoms with E-state index in [-0.39, 0.29) is 11.8 Å². The van der Waals surface area contributed by atoms with Gasteiger partial charge in [0.2, 0.25) is 17.7 Å². The van der Waals surface area contributed by atoms with Crippen molar-refractivity contribution < 1.29 is 19.1 Å². The van der Waals surface area contributed by atoms with E-state index in [4.69, 9.17) is 15.2 Å². The molecule has 2 aliphatic rings. The first-order valence-corrected chi connectivity index (χ1v) is 9.33. The first-order chi connectivity index (χ1) is 12.4. The van der Waals surface area contributed by atoms with E-state index in [9.17, 15) is 9.59 Å². The number of ether oxygens (including phenoxy) is 2. The number of pyridine rings is 1. The van der Waals surface area contributed by atoms with E-state index in [0.717, 1.165) is 18.4 Å². The third kappa shape index (κ3) is 5.34. The zero-order valence-corrected chi connectivity index (χ0v) is 15.4. The lowest BCUT2D eigenvalue weighted by Gasteiger charge is -2.17. The molecular formula is C19H27N3O4. The summed E-state index contributed by atoms with van der Waals surface area (Å²) in [5, 5.41) is 2.51. The van der Waals surface area contributed by atoms with Gasteiger partial charge in [0, 0.05) is 11.6 Å². The number of hydrogen-bond acceptors (Lipinski definition) is 5. The number of carbonyl (C=O) groups is 2. The van der Waals surface area contributed by atoms with Crippen LogP contribution < -0.4 is 20.5 Å². The van der Waals surface area contributed by atoms with E-state index in [1.165, 1.54) is 12.8 Å². The number of nitrogens with zero attached hydrogens (tertiary/aromatic N) is 1. The van der Waals surface area contributed by atoms with Crippen LogP contribution in [0.1, 0.15) is 57.4 Å². The molecule has 1 aromatic rings. The van der Waals surface area contributed by atoms with Crippen LogP contribution in [-0.2, 0) is 4.79 Å². The van der Waals surface area contributed by atoms with Crippen LogP contribution >= 0.6 is 0 Å². The van der Waals surface area contributed by atoms with Crippen molar-refractivity contribution in [3.8, 4) is 11.8 Å². The Kier molecular flexibility index (Phi) is 5.64. The molecule has 0 bridgehead atoms. The summed E-state index contributed by atoms with van der Waals surface area (Å²) in [6, 6.07) is 2.81. The Labute approximate surface area is 153 Å². The van der Waals surface area contributed by atoms with Gasteiger partial charge in [0.15, 0.2) is 0 Å². The fourth-order valence-electron chi connectivity index (χ4n) is 2.78. The molecule has 1 atom stereocenters. The Bertz CT molecular complexity index is 669. The van der Waals surface area contributed by atoms with Gasteiger partial charge in [-0.15, -0.1) is 0 Å². The van der Waals surface area contributed by atoms with Crippen LogP contribution in [0.5, 0.6) is 11.8 Å². The van der Waals surface area contributed by atoms with Crippen molar-refractivity contribution in [3.63, 3.8) is 0 Å². The fourth-order valence-corrected chi connectivity index (χ4v) is 2.78. The summed E-state index contributed by atoms with van der Waals surface area (Å²) in [6.07, 6.45) is 4.38. The van der Waals surface area contributed by atoms with Gasteiger partial charge in [0.05, 0.1) is 6.61 Å². The van der Waals surface area contributed by atoms with E-state index in [1.807, 2.05) is 19.9 Å². The summed E-state index contributed by atoms with van der Waals surface area (Å²) < 4.78 is 11.1. The molecule has 7 heteroatoms. The Hall–Kier alpha value is -2.31. The van der Waals surface area contributed by atoms with Crippen molar-refractivity contribution in [2.24, 2.45) is 17.6 Å². The maximum atomic E-state index is 12.1. The van der Waals surface area contributed by atoms with E-state index >= 15 is 0 Å². The third-order valence-corrected chi connectivity index (χ3v) is 4.57. The molecule has 1 heterocycles. The average molecular weight is 361 g/mol. The molecule has 142 valence electrons. The third-order valence-electron chi connectivity index (χ3n) is 4.57. The van der Waals surface area contributed by atoms with E-state index in [2.05, 4.69) is 10.3 Å². The van der Waals surface area contributed by atoms with Gasteiger partial charge in [0.1, 0.15) is 6.04 Å². The molecule has 2 fully saturated rings. The SMILES string of the molecule is CC(C)C[C@H](NC(=O)Oc1ccc(C2CC2)c(OCC2CC2)n1)C(N)=O. The summed E-state index contributed by atoms with van der Waals surface area (Å²) in [4.78, 5) is 27.9. The molecule has 2 amide bonds. The highest BCUT2D eigenvalue weighted by molar-refractivity contribution is 5.84. The number of aromatic nitrogens is 1. The van der Waals surface area contributed by atoms with E-state index in [0.29, 0.717) is 30.7 Å². The minimum atomic E-state index is -0.765. The highest BCUT2D eigenvalue weighted by atomic mass is 16.6. The molecule has 2 aliphatic carbocycles. The average Bonchev–Trinajstić information content (AvgIpc) is 3.45. The highest BCUT2D eigenvalue weighted by Gasteiger charge is 2.30. The minimum absolute atomic E-state index is 0.158. The van der Waals surface area contributed by atoms with Crippen LogP contribution in [-0.4, -0.2) is 29.6 Å². The summed E-state index contributed by atoms with van der Waals surface area (Å²) in [5.74, 6) is 1.45. The molecular weight excluding hydrogens is 334 g/mol. The molecule has 1 aromatic heterocycles. The van der Waals surface area contributed by atoms with Crippen LogP contribution in [0.3, 0.4) is 0 Å².